The van der Waals surface area contributed by atoms with Crippen molar-refractivity contribution in [3.05, 3.63) is 0 Å². The minimum atomic E-state index is -1.62. The van der Waals surface area contributed by atoms with Gasteiger partial charge in [-0.2, -0.15) is 0 Å². The molecule has 0 aliphatic heterocycles. The van der Waals surface area contributed by atoms with Gasteiger partial charge >= 0.3 is 81.6 Å². The molecule has 22 valence electrons. The summed E-state index contributed by atoms with van der Waals surface area (Å²) in [6, 6.07) is 0. The fourth-order valence-corrected chi connectivity index (χ4v) is 0. The van der Waals surface area contributed by atoms with Gasteiger partial charge in [0.25, 0.3) is 0 Å². The van der Waals surface area contributed by atoms with Gasteiger partial charge in [-0.3, -0.25) is 0 Å². The molecule has 0 saturated heterocycles. The molecule has 0 rings (SSSR count). The average Bonchev–Trinajstić information content (AvgIpc) is 0.918. The summed E-state index contributed by atoms with van der Waals surface area (Å²) < 4.78 is 16.9. The molecule has 0 saturated carbocycles. The summed E-state index contributed by atoms with van der Waals surface area (Å²) in [6.07, 6.45) is 0. The van der Waals surface area contributed by atoms with Gasteiger partial charge < -0.3 is 0 Å². The third-order valence-electron chi connectivity index (χ3n) is 0. The van der Waals surface area contributed by atoms with Gasteiger partial charge in [-0.1, -0.05) is 0 Å². The third-order valence-corrected chi connectivity index (χ3v) is 0. The molecular weight excluding hydrogens is 157 g/mol. The summed E-state index contributed by atoms with van der Waals surface area (Å²) in [7, 11) is 0. The van der Waals surface area contributed by atoms with Crippen LogP contribution in [-0.4, -0.2) is 73.9 Å². The molecule has 0 aromatic rings. The number of hydrogen-bond acceptors (Lipinski definition) is 2. The summed E-state index contributed by atoms with van der Waals surface area (Å²) in [5, 5.41) is 0. The molecule has 0 spiro atoms. The van der Waals surface area contributed by atoms with Crippen molar-refractivity contribution in [1.29, 1.82) is 0 Å². The Balaban J connectivity index is -0.0000000200. The van der Waals surface area contributed by atoms with E-state index in [1.807, 2.05) is 0 Å². The Morgan fingerprint density at radius 1 is 1.00 bits per heavy atom. The average molecular weight is 159 g/mol. The SMILES string of the molecule is O=[Se]=O.[NaH].[NaH]. The van der Waals surface area contributed by atoms with E-state index in [-0.39, 0.29) is 59.1 Å². The normalized spacial score (nSPS) is 2.40. The Morgan fingerprint density at radius 3 is 1.00 bits per heavy atom. The number of rotatable bonds is 0. The van der Waals surface area contributed by atoms with Crippen molar-refractivity contribution < 1.29 is 7.67 Å². The standard InChI is InChI=1S/2Na.O2Se.2H/c;;1-3-2;;. The fraction of sp³-hybridized carbons (Fsp3) is 0. The van der Waals surface area contributed by atoms with Crippen LogP contribution in [0.5, 0.6) is 0 Å². The van der Waals surface area contributed by atoms with Gasteiger partial charge in [0.15, 0.2) is 0 Å². The van der Waals surface area contributed by atoms with Gasteiger partial charge in [0.1, 0.15) is 0 Å². The molecule has 0 bridgehead atoms. The van der Waals surface area contributed by atoms with Crippen LogP contribution in [0.2, 0.25) is 0 Å². The van der Waals surface area contributed by atoms with Gasteiger partial charge in [-0.25, -0.2) is 0 Å². The second-order valence-corrected chi connectivity index (χ2v) is 0.354. The van der Waals surface area contributed by atoms with Gasteiger partial charge in [0.05, 0.1) is 0 Å². The van der Waals surface area contributed by atoms with E-state index in [4.69, 9.17) is 7.67 Å². The van der Waals surface area contributed by atoms with E-state index in [2.05, 4.69) is 0 Å². The Hall–Kier alpha value is 2.12. The zero-order valence-corrected chi connectivity index (χ0v) is 2.94. The van der Waals surface area contributed by atoms with Gasteiger partial charge in [0.2, 0.25) is 0 Å². The summed E-state index contributed by atoms with van der Waals surface area (Å²) in [4.78, 5) is 0. The van der Waals surface area contributed by atoms with E-state index in [1.165, 1.54) is 0 Å². The van der Waals surface area contributed by atoms with Crippen molar-refractivity contribution in [3.63, 3.8) is 0 Å². The van der Waals surface area contributed by atoms with Crippen LogP contribution in [0.25, 0.3) is 0 Å². The molecule has 0 amide bonds. The zero-order chi connectivity index (χ0) is 2.71. The molecule has 0 atom stereocenters. The van der Waals surface area contributed by atoms with Crippen LogP contribution in [-0.2, 0) is 7.67 Å². The summed E-state index contributed by atoms with van der Waals surface area (Å²) in [6.45, 7) is 0. The monoisotopic (exact) mass is 160 g/mol. The van der Waals surface area contributed by atoms with E-state index in [0.29, 0.717) is 0 Å². The van der Waals surface area contributed by atoms with Crippen molar-refractivity contribution in [3.8, 4) is 0 Å². The van der Waals surface area contributed by atoms with Crippen LogP contribution >= 0.6 is 0 Å². The topological polar surface area (TPSA) is 34.1 Å². The van der Waals surface area contributed by atoms with E-state index < -0.39 is 14.8 Å². The van der Waals surface area contributed by atoms with Gasteiger partial charge in [-0.15, -0.1) is 0 Å². The molecule has 2 nitrogen and oxygen atoms in total. The van der Waals surface area contributed by atoms with Crippen molar-refractivity contribution >= 4 is 73.9 Å². The van der Waals surface area contributed by atoms with Crippen LogP contribution in [0.1, 0.15) is 0 Å². The zero-order valence-electron chi connectivity index (χ0n) is 1.22. The molecule has 5 heteroatoms. The van der Waals surface area contributed by atoms with Gasteiger partial charge in [0, 0.05) is 0 Å². The van der Waals surface area contributed by atoms with Crippen LogP contribution in [0.3, 0.4) is 0 Å². The molecule has 0 heterocycles. The summed E-state index contributed by atoms with van der Waals surface area (Å²) >= 11 is -1.62. The minimum absolute atomic E-state index is 0. The molecule has 0 aromatic carbocycles. The van der Waals surface area contributed by atoms with Gasteiger partial charge in [-0.05, 0) is 0 Å². The molecule has 5 heavy (non-hydrogen) atoms. The quantitative estimate of drug-likeness (QED) is 0.386. The van der Waals surface area contributed by atoms with Crippen LogP contribution < -0.4 is 0 Å². The summed E-state index contributed by atoms with van der Waals surface area (Å²) in [5.41, 5.74) is 0. The molecule has 0 aliphatic rings. The third kappa shape index (κ3) is 23.1. The van der Waals surface area contributed by atoms with Crippen molar-refractivity contribution in [1.82, 2.24) is 0 Å². The Labute approximate surface area is 80.2 Å². The first-order chi connectivity index (χ1) is 1.41. The maximum absolute atomic E-state index is 8.44. The second-order valence-electron chi connectivity index (χ2n) is 0.0680. The molecule has 0 aliphatic carbocycles. The Bertz CT molecular complexity index is 28.6. The van der Waals surface area contributed by atoms with Crippen molar-refractivity contribution in [2.45, 2.75) is 0 Å². The van der Waals surface area contributed by atoms with Crippen LogP contribution in [0.15, 0.2) is 0 Å². The van der Waals surface area contributed by atoms with E-state index in [1.54, 1.807) is 0 Å². The molecule has 0 radical (unpaired) electrons. The number of hydrogen-bond donors (Lipinski definition) is 0. The first-order valence-electron chi connectivity index (χ1n) is 0.333. The first kappa shape index (κ1) is 15.7. The first-order valence-corrected chi connectivity index (χ1v) is 1.73. The maximum atomic E-state index is 8.44. The van der Waals surface area contributed by atoms with Crippen molar-refractivity contribution in [2.24, 2.45) is 0 Å². The predicted octanol–water partition coefficient (Wildman–Crippen LogP) is -1.92. The van der Waals surface area contributed by atoms with Crippen LogP contribution in [0, 0.1) is 0 Å². The molecule has 0 fully saturated rings. The van der Waals surface area contributed by atoms with Crippen LogP contribution in [0.4, 0.5) is 0 Å². The van der Waals surface area contributed by atoms with E-state index in [0.717, 1.165) is 0 Å². The predicted molar refractivity (Wildman–Crippen MR) is 21.4 cm³/mol. The Morgan fingerprint density at radius 2 is 1.00 bits per heavy atom. The summed E-state index contributed by atoms with van der Waals surface area (Å²) in [5.74, 6) is 0. The second kappa shape index (κ2) is 16.5. The molecule has 0 unspecified atom stereocenters. The van der Waals surface area contributed by atoms with Crippen molar-refractivity contribution in [2.75, 3.05) is 0 Å². The molecule has 0 N–H and O–H groups in total. The Kier molecular flexibility index (Phi) is 51.8. The van der Waals surface area contributed by atoms with E-state index in [9.17, 15) is 0 Å². The fourth-order valence-electron chi connectivity index (χ4n) is 0. The molecular formula is H2Na2O2Se. The molecule has 0 aromatic heterocycles. The van der Waals surface area contributed by atoms with E-state index >= 15 is 0 Å².